The highest BCUT2D eigenvalue weighted by molar-refractivity contribution is 7.99. The molecule has 90 valence electrons. The minimum absolute atomic E-state index is 0.745. The van der Waals surface area contributed by atoms with E-state index in [0.29, 0.717) is 0 Å². The van der Waals surface area contributed by atoms with Crippen LogP contribution in [0.4, 0.5) is 5.69 Å². The molecular weight excluding hydrogens is 230 g/mol. The summed E-state index contributed by atoms with van der Waals surface area (Å²) in [5.74, 6) is 1.31. The maximum atomic E-state index is 5.91. The Hall–Kier alpha value is -1.16. The molecule has 17 heavy (non-hydrogen) atoms. The molecule has 1 atom stereocenters. The fourth-order valence-electron chi connectivity index (χ4n) is 2.39. The van der Waals surface area contributed by atoms with Crippen LogP contribution in [0, 0.1) is 0 Å². The second-order valence-electron chi connectivity index (χ2n) is 4.62. The quantitative estimate of drug-likeness (QED) is 0.887. The van der Waals surface area contributed by atoms with Crippen molar-refractivity contribution >= 4 is 23.1 Å². The molecule has 4 heteroatoms. The maximum absolute atomic E-state index is 5.91. The van der Waals surface area contributed by atoms with E-state index in [1.165, 1.54) is 30.7 Å². The first-order valence-electron chi connectivity index (χ1n) is 6.16. The third-order valence-corrected chi connectivity index (χ3v) is 4.67. The number of fused-ring (bicyclic) bond motifs is 1. The van der Waals surface area contributed by atoms with Gasteiger partial charge >= 0.3 is 0 Å². The number of imidazole rings is 1. The number of pyridine rings is 1. The van der Waals surface area contributed by atoms with Gasteiger partial charge in [0.25, 0.3) is 0 Å². The summed E-state index contributed by atoms with van der Waals surface area (Å²) < 4.78 is 2.03. The molecule has 1 saturated heterocycles. The predicted octanol–water partition coefficient (Wildman–Crippen LogP) is 2.74. The van der Waals surface area contributed by atoms with E-state index in [0.717, 1.165) is 23.0 Å². The summed E-state index contributed by atoms with van der Waals surface area (Å²) >= 11 is 2.09. The third kappa shape index (κ3) is 2.27. The minimum Gasteiger partial charge on any atom is -0.396 e. The molecule has 3 rings (SSSR count). The Balaban J connectivity index is 1.83. The molecule has 1 unspecified atom stereocenters. The molecule has 0 bridgehead atoms. The molecule has 1 fully saturated rings. The van der Waals surface area contributed by atoms with Gasteiger partial charge in [-0.15, -0.1) is 0 Å². The van der Waals surface area contributed by atoms with Crippen molar-refractivity contribution < 1.29 is 0 Å². The van der Waals surface area contributed by atoms with Gasteiger partial charge in [0.2, 0.25) is 0 Å². The van der Waals surface area contributed by atoms with Gasteiger partial charge in [-0.2, -0.15) is 11.8 Å². The molecule has 3 nitrogen and oxygen atoms in total. The van der Waals surface area contributed by atoms with Crippen LogP contribution in [0.2, 0.25) is 0 Å². The minimum atomic E-state index is 0.745. The lowest BCUT2D eigenvalue weighted by molar-refractivity contribution is 0.656. The van der Waals surface area contributed by atoms with Gasteiger partial charge in [0, 0.05) is 24.1 Å². The van der Waals surface area contributed by atoms with Gasteiger partial charge in [0.05, 0.1) is 11.4 Å². The molecular formula is C13H17N3S. The maximum Gasteiger partial charge on any atom is 0.160 e. The van der Waals surface area contributed by atoms with Gasteiger partial charge in [0.1, 0.15) is 0 Å². The molecule has 0 saturated carbocycles. The van der Waals surface area contributed by atoms with Crippen LogP contribution in [0.25, 0.3) is 5.65 Å². The first kappa shape index (κ1) is 11.0. The Morgan fingerprint density at radius 1 is 1.47 bits per heavy atom. The second-order valence-corrected chi connectivity index (χ2v) is 6.03. The largest absolute Gasteiger partial charge is 0.396 e. The van der Waals surface area contributed by atoms with Crippen molar-refractivity contribution in [3.63, 3.8) is 0 Å². The van der Waals surface area contributed by atoms with E-state index < -0.39 is 0 Å². The Morgan fingerprint density at radius 3 is 3.18 bits per heavy atom. The molecule has 0 radical (unpaired) electrons. The summed E-state index contributed by atoms with van der Waals surface area (Å²) in [4.78, 5) is 4.63. The van der Waals surface area contributed by atoms with Crippen LogP contribution >= 0.6 is 11.8 Å². The number of thioether (sulfide) groups is 1. The first-order chi connectivity index (χ1) is 8.33. The molecule has 0 amide bonds. The van der Waals surface area contributed by atoms with E-state index in [4.69, 9.17) is 5.73 Å². The molecule has 3 heterocycles. The SMILES string of the molecule is Nc1cccn2cc(CC3CCCCS3)nc12. The standard InChI is InChI=1S/C13H17N3S/c14-12-5-3-6-16-9-10(15-13(12)16)8-11-4-1-2-7-17-11/h3,5-6,9,11H,1-2,4,7-8,14H2. The second kappa shape index (κ2) is 4.61. The molecule has 0 aliphatic carbocycles. The fourth-order valence-corrected chi connectivity index (χ4v) is 3.71. The Kier molecular flexibility index (Phi) is 2.97. The van der Waals surface area contributed by atoms with E-state index in [-0.39, 0.29) is 0 Å². The highest BCUT2D eigenvalue weighted by Crippen LogP contribution is 2.28. The van der Waals surface area contributed by atoms with Crippen molar-refractivity contribution in [3.05, 3.63) is 30.2 Å². The number of hydrogen-bond acceptors (Lipinski definition) is 3. The van der Waals surface area contributed by atoms with E-state index in [9.17, 15) is 0 Å². The van der Waals surface area contributed by atoms with Crippen LogP contribution in [0.1, 0.15) is 25.0 Å². The summed E-state index contributed by atoms with van der Waals surface area (Å²) in [5.41, 5.74) is 8.73. The number of aromatic nitrogens is 2. The van der Waals surface area contributed by atoms with E-state index >= 15 is 0 Å². The Morgan fingerprint density at radius 2 is 2.41 bits per heavy atom. The lowest BCUT2D eigenvalue weighted by Crippen LogP contribution is -2.12. The van der Waals surface area contributed by atoms with E-state index in [1.807, 2.05) is 22.7 Å². The zero-order valence-electron chi connectivity index (χ0n) is 9.80. The summed E-state index contributed by atoms with van der Waals surface area (Å²) in [6.07, 6.45) is 9.27. The van der Waals surface area contributed by atoms with Crippen molar-refractivity contribution in [2.75, 3.05) is 11.5 Å². The van der Waals surface area contributed by atoms with E-state index in [1.54, 1.807) is 0 Å². The zero-order valence-corrected chi connectivity index (χ0v) is 10.6. The monoisotopic (exact) mass is 247 g/mol. The van der Waals surface area contributed by atoms with Gasteiger partial charge in [0.15, 0.2) is 5.65 Å². The molecule has 2 N–H and O–H groups in total. The fraction of sp³-hybridized carbons (Fsp3) is 0.462. The van der Waals surface area contributed by atoms with Gasteiger partial charge in [-0.25, -0.2) is 4.98 Å². The van der Waals surface area contributed by atoms with Crippen LogP contribution < -0.4 is 5.73 Å². The topological polar surface area (TPSA) is 43.3 Å². The summed E-state index contributed by atoms with van der Waals surface area (Å²) in [7, 11) is 0. The average molecular weight is 247 g/mol. The number of rotatable bonds is 2. The van der Waals surface area contributed by atoms with Gasteiger partial charge in [-0.3, -0.25) is 0 Å². The summed E-state index contributed by atoms with van der Waals surface area (Å²) in [6, 6.07) is 3.87. The molecule has 2 aromatic rings. The van der Waals surface area contributed by atoms with Crippen LogP contribution in [0.3, 0.4) is 0 Å². The van der Waals surface area contributed by atoms with Crippen LogP contribution in [0.15, 0.2) is 24.5 Å². The normalized spacial score (nSPS) is 20.8. The highest BCUT2D eigenvalue weighted by Gasteiger charge is 2.16. The predicted molar refractivity (Wildman–Crippen MR) is 73.4 cm³/mol. The molecule has 0 spiro atoms. The van der Waals surface area contributed by atoms with Gasteiger partial charge in [-0.05, 0) is 30.7 Å². The number of anilines is 1. The average Bonchev–Trinajstić information content (AvgIpc) is 2.74. The highest BCUT2D eigenvalue weighted by atomic mass is 32.2. The number of nitrogens with zero attached hydrogens (tertiary/aromatic N) is 2. The number of nitrogens with two attached hydrogens (primary N) is 1. The third-order valence-electron chi connectivity index (χ3n) is 3.27. The molecule has 1 aliphatic rings. The van der Waals surface area contributed by atoms with Crippen molar-refractivity contribution in [1.82, 2.24) is 9.38 Å². The molecule has 0 aromatic carbocycles. The lowest BCUT2D eigenvalue weighted by Gasteiger charge is -2.19. The van der Waals surface area contributed by atoms with Crippen molar-refractivity contribution in [1.29, 1.82) is 0 Å². The zero-order chi connectivity index (χ0) is 11.7. The first-order valence-corrected chi connectivity index (χ1v) is 7.21. The number of hydrogen-bond donors (Lipinski definition) is 1. The van der Waals surface area contributed by atoms with Crippen molar-refractivity contribution in [2.45, 2.75) is 30.9 Å². The summed E-state index contributed by atoms with van der Waals surface area (Å²) in [6.45, 7) is 0. The summed E-state index contributed by atoms with van der Waals surface area (Å²) in [5, 5.41) is 0.745. The van der Waals surface area contributed by atoms with Crippen molar-refractivity contribution in [2.24, 2.45) is 0 Å². The van der Waals surface area contributed by atoms with Gasteiger partial charge < -0.3 is 10.1 Å². The van der Waals surface area contributed by atoms with Crippen molar-refractivity contribution in [3.8, 4) is 0 Å². The Labute approximate surface area is 105 Å². The van der Waals surface area contributed by atoms with Crippen LogP contribution in [0.5, 0.6) is 0 Å². The van der Waals surface area contributed by atoms with Gasteiger partial charge in [-0.1, -0.05) is 6.42 Å². The van der Waals surface area contributed by atoms with Crippen LogP contribution in [-0.2, 0) is 6.42 Å². The van der Waals surface area contributed by atoms with Crippen LogP contribution in [-0.4, -0.2) is 20.4 Å². The lowest BCUT2D eigenvalue weighted by atomic mass is 10.1. The van der Waals surface area contributed by atoms with E-state index in [2.05, 4.69) is 22.9 Å². The number of nitrogen functional groups attached to an aromatic ring is 1. The molecule has 2 aromatic heterocycles. The smallest absolute Gasteiger partial charge is 0.160 e. The Bertz CT molecular complexity index is 514. The molecule has 1 aliphatic heterocycles.